The molecule has 12 heavy (non-hydrogen) atoms. The molecule has 0 amide bonds. The number of rotatable bonds is 0. The van der Waals surface area contributed by atoms with Gasteiger partial charge in [-0.1, -0.05) is 33.8 Å². The monoisotopic (exact) mass is 222 g/mol. The Hall–Kier alpha value is -0.740. The van der Waals surface area contributed by atoms with E-state index >= 15 is 0 Å². The van der Waals surface area contributed by atoms with Gasteiger partial charge in [-0.05, 0) is 37.1 Å². The summed E-state index contributed by atoms with van der Waals surface area (Å²) in [7, 11) is 0. The van der Waals surface area contributed by atoms with Crippen LogP contribution in [0.15, 0.2) is 18.2 Å². The first-order chi connectivity index (χ1) is 5.74. The van der Waals surface area contributed by atoms with Crippen LogP contribution in [0.1, 0.15) is 16.7 Å². The van der Waals surface area contributed by atoms with Gasteiger partial charge in [-0.25, -0.2) is 0 Å². The first-order valence-corrected chi connectivity index (χ1v) is 4.98. The van der Waals surface area contributed by atoms with Crippen molar-refractivity contribution in [3.05, 3.63) is 34.9 Å². The van der Waals surface area contributed by atoms with E-state index in [1.165, 1.54) is 11.1 Å². The molecule has 0 saturated carbocycles. The SMILES string of the molecule is Cc1ccc(C#CCBr)cc1C. The minimum absolute atomic E-state index is 0.736. The molecule has 0 N–H and O–H groups in total. The zero-order chi connectivity index (χ0) is 8.97. The first-order valence-electron chi connectivity index (χ1n) is 3.86. The molecule has 0 aliphatic carbocycles. The van der Waals surface area contributed by atoms with Crippen molar-refractivity contribution in [3.63, 3.8) is 0 Å². The first kappa shape index (κ1) is 9.35. The lowest BCUT2D eigenvalue weighted by Gasteiger charge is -1.98. The molecule has 0 atom stereocenters. The van der Waals surface area contributed by atoms with Crippen LogP contribution in [0, 0.1) is 25.7 Å². The molecule has 0 saturated heterocycles. The lowest BCUT2D eigenvalue weighted by Crippen LogP contribution is -1.82. The van der Waals surface area contributed by atoms with Gasteiger partial charge in [0.25, 0.3) is 0 Å². The Labute approximate surface area is 82.1 Å². The van der Waals surface area contributed by atoms with Crippen LogP contribution in [0.2, 0.25) is 0 Å². The second-order valence-corrected chi connectivity index (χ2v) is 3.30. The summed E-state index contributed by atoms with van der Waals surface area (Å²) in [6.45, 7) is 4.21. The van der Waals surface area contributed by atoms with Gasteiger partial charge in [-0.2, -0.15) is 0 Å². The van der Waals surface area contributed by atoms with Gasteiger partial charge in [0.1, 0.15) is 0 Å². The average Bonchev–Trinajstić information content (AvgIpc) is 2.07. The van der Waals surface area contributed by atoms with E-state index in [9.17, 15) is 0 Å². The van der Waals surface area contributed by atoms with Gasteiger partial charge in [0.05, 0.1) is 5.33 Å². The smallest absolute Gasteiger partial charge is 0.0649 e. The van der Waals surface area contributed by atoms with Crippen LogP contribution in [0.3, 0.4) is 0 Å². The highest BCUT2D eigenvalue weighted by atomic mass is 79.9. The molecule has 1 rings (SSSR count). The predicted octanol–water partition coefficient (Wildman–Crippen LogP) is 3.05. The highest BCUT2D eigenvalue weighted by Gasteiger charge is 1.91. The van der Waals surface area contributed by atoms with Crippen molar-refractivity contribution in [2.45, 2.75) is 13.8 Å². The van der Waals surface area contributed by atoms with Crippen molar-refractivity contribution in [3.8, 4) is 11.8 Å². The van der Waals surface area contributed by atoms with Crippen LogP contribution < -0.4 is 0 Å². The molecule has 0 radical (unpaired) electrons. The van der Waals surface area contributed by atoms with Gasteiger partial charge >= 0.3 is 0 Å². The van der Waals surface area contributed by atoms with Crippen molar-refractivity contribution in [1.29, 1.82) is 0 Å². The second-order valence-electron chi connectivity index (χ2n) is 2.73. The fourth-order valence-corrected chi connectivity index (χ4v) is 1.09. The van der Waals surface area contributed by atoms with Crippen LogP contribution in [0.4, 0.5) is 0 Å². The van der Waals surface area contributed by atoms with Crippen molar-refractivity contribution in [2.75, 3.05) is 5.33 Å². The lowest BCUT2D eigenvalue weighted by atomic mass is 10.1. The maximum Gasteiger partial charge on any atom is 0.0649 e. The third-order valence-electron chi connectivity index (χ3n) is 1.81. The van der Waals surface area contributed by atoms with Crippen LogP contribution in [0.5, 0.6) is 0 Å². The molecule has 0 unspecified atom stereocenters. The molecule has 0 spiro atoms. The molecule has 0 fully saturated rings. The molecule has 0 aromatic heterocycles. The maximum atomic E-state index is 3.27. The molecule has 0 aliphatic heterocycles. The number of hydrogen-bond acceptors (Lipinski definition) is 0. The van der Waals surface area contributed by atoms with E-state index in [2.05, 4.69) is 59.8 Å². The standard InChI is InChI=1S/C11H11Br/c1-9-5-6-11(4-3-7-12)8-10(9)2/h5-6,8H,7H2,1-2H3. The Bertz CT molecular complexity index is 329. The van der Waals surface area contributed by atoms with E-state index in [1.54, 1.807) is 0 Å². The van der Waals surface area contributed by atoms with Crippen molar-refractivity contribution in [2.24, 2.45) is 0 Å². The molecule has 0 aliphatic rings. The molecule has 1 heteroatoms. The number of hydrogen-bond donors (Lipinski definition) is 0. The van der Waals surface area contributed by atoms with E-state index in [1.807, 2.05) is 0 Å². The molecule has 0 nitrogen and oxygen atoms in total. The molecule has 1 aromatic carbocycles. The summed E-state index contributed by atoms with van der Waals surface area (Å²) < 4.78 is 0. The second kappa shape index (κ2) is 4.33. The van der Waals surface area contributed by atoms with Crippen molar-refractivity contribution in [1.82, 2.24) is 0 Å². The van der Waals surface area contributed by atoms with Crippen LogP contribution >= 0.6 is 15.9 Å². The van der Waals surface area contributed by atoms with E-state index in [-0.39, 0.29) is 0 Å². The number of benzene rings is 1. The van der Waals surface area contributed by atoms with Crippen LogP contribution in [-0.4, -0.2) is 5.33 Å². The minimum atomic E-state index is 0.736. The van der Waals surface area contributed by atoms with E-state index in [0.717, 1.165) is 10.9 Å². The zero-order valence-electron chi connectivity index (χ0n) is 7.32. The fourth-order valence-electron chi connectivity index (χ4n) is 0.955. The summed E-state index contributed by atoms with van der Waals surface area (Å²) in [6.07, 6.45) is 0. The van der Waals surface area contributed by atoms with Crippen LogP contribution in [-0.2, 0) is 0 Å². The summed E-state index contributed by atoms with van der Waals surface area (Å²) in [6, 6.07) is 6.27. The molecular formula is C11H11Br. The Kier molecular flexibility index (Phi) is 3.37. The van der Waals surface area contributed by atoms with E-state index in [0.29, 0.717) is 0 Å². The molecule has 62 valence electrons. The van der Waals surface area contributed by atoms with Gasteiger partial charge < -0.3 is 0 Å². The lowest BCUT2D eigenvalue weighted by molar-refractivity contribution is 1.33. The Morgan fingerprint density at radius 1 is 1.25 bits per heavy atom. The Balaban J connectivity index is 2.97. The number of alkyl halides is 1. The third kappa shape index (κ3) is 2.39. The maximum absolute atomic E-state index is 3.27. The van der Waals surface area contributed by atoms with E-state index in [4.69, 9.17) is 0 Å². The van der Waals surface area contributed by atoms with Crippen molar-refractivity contribution < 1.29 is 0 Å². The molecule has 0 bridgehead atoms. The van der Waals surface area contributed by atoms with Crippen molar-refractivity contribution >= 4 is 15.9 Å². The highest BCUT2D eigenvalue weighted by molar-refractivity contribution is 9.09. The van der Waals surface area contributed by atoms with Gasteiger partial charge in [0.2, 0.25) is 0 Å². The van der Waals surface area contributed by atoms with Gasteiger partial charge in [-0.3, -0.25) is 0 Å². The predicted molar refractivity (Wildman–Crippen MR) is 56.6 cm³/mol. The number of aryl methyl sites for hydroxylation is 2. The van der Waals surface area contributed by atoms with E-state index < -0.39 is 0 Å². The van der Waals surface area contributed by atoms with Gasteiger partial charge in [0.15, 0.2) is 0 Å². The molecular weight excluding hydrogens is 212 g/mol. The summed E-state index contributed by atoms with van der Waals surface area (Å²) >= 11 is 3.27. The molecule has 0 heterocycles. The summed E-state index contributed by atoms with van der Waals surface area (Å²) in [5, 5.41) is 0.736. The zero-order valence-corrected chi connectivity index (χ0v) is 8.90. The quantitative estimate of drug-likeness (QED) is 0.468. The third-order valence-corrected chi connectivity index (χ3v) is 2.09. The largest absolute Gasteiger partial charge is 0.0863 e. The Morgan fingerprint density at radius 3 is 2.58 bits per heavy atom. The van der Waals surface area contributed by atoms with Gasteiger partial charge in [0, 0.05) is 5.56 Å². The fraction of sp³-hybridized carbons (Fsp3) is 0.273. The summed E-state index contributed by atoms with van der Waals surface area (Å²) in [4.78, 5) is 0. The normalized spacial score (nSPS) is 8.92. The highest BCUT2D eigenvalue weighted by Crippen LogP contribution is 2.08. The minimum Gasteiger partial charge on any atom is -0.0863 e. The summed E-state index contributed by atoms with van der Waals surface area (Å²) in [5.41, 5.74) is 3.72. The topological polar surface area (TPSA) is 0 Å². The number of halogens is 1. The Morgan fingerprint density at radius 2 is 2.00 bits per heavy atom. The molecule has 1 aromatic rings. The van der Waals surface area contributed by atoms with Gasteiger partial charge in [-0.15, -0.1) is 0 Å². The average molecular weight is 223 g/mol. The van der Waals surface area contributed by atoms with Crippen LogP contribution in [0.25, 0.3) is 0 Å². The summed E-state index contributed by atoms with van der Waals surface area (Å²) in [5.74, 6) is 6.04.